The summed E-state index contributed by atoms with van der Waals surface area (Å²) in [6.45, 7) is 0. The molecule has 0 saturated heterocycles. The summed E-state index contributed by atoms with van der Waals surface area (Å²) in [7, 11) is 0. The summed E-state index contributed by atoms with van der Waals surface area (Å²) in [4.78, 5) is 12.8. The van der Waals surface area contributed by atoms with Crippen LogP contribution in [0.4, 0.5) is 0 Å². The third kappa shape index (κ3) is 3.58. The second-order valence-corrected chi connectivity index (χ2v) is 6.92. The first-order chi connectivity index (χ1) is 10.2. The van der Waals surface area contributed by atoms with Crippen LogP contribution in [0.15, 0.2) is 29.8 Å². The molecule has 0 spiro atoms. The summed E-state index contributed by atoms with van der Waals surface area (Å²) in [6.07, 6.45) is 11.8. The van der Waals surface area contributed by atoms with Crippen molar-refractivity contribution in [3.05, 3.63) is 40.4 Å². The summed E-state index contributed by atoms with van der Waals surface area (Å²) in [5.74, 6) is 1.35. The highest BCUT2D eigenvalue weighted by Gasteiger charge is 2.33. The van der Waals surface area contributed by atoms with Crippen LogP contribution in [0.1, 0.15) is 56.9 Å². The zero-order chi connectivity index (χ0) is 14.7. The Morgan fingerprint density at radius 1 is 0.952 bits per heavy atom. The molecule has 0 aliphatic heterocycles. The highest BCUT2D eigenvalue weighted by Crippen LogP contribution is 2.38. The largest absolute Gasteiger partial charge is 0.294 e. The second-order valence-electron chi connectivity index (χ2n) is 6.48. The van der Waals surface area contributed by atoms with E-state index >= 15 is 0 Å². The Hall–Kier alpha value is -1.08. The van der Waals surface area contributed by atoms with Crippen LogP contribution in [0.25, 0.3) is 6.08 Å². The molecule has 21 heavy (non-hydrogen) atoms. The first kappa shape index (κ1) is 14.8. The van der Waals surface area contributed by atoms with Gasteiger partial charge in [-0.3, -0.25) is 4.79 Å². The predicted molar refractivity (Wildman–Crippen MR) is 88.4 cm³/mol. The van der Waals surface area contributed by atoms with Gasteiger partial charge >= 0.3 is 0 Å². The van der Waals surface area contributed by atoms with Gasteiger partial charge in [0.15, 0.2) is 5.78 Å². The van der Waals surface area contributed by atoms with Crippen molar-refractivity contribution in [3.63, 3.8) is 0 Å². The number of hydrogen-bond acceptors (Lipinski definition) is 1. The molecule has 1 nitrogen and oxygen atoms in total. The lowest BCUT2D eigenvalue weighted by Crippen LogP contribution is -2.30. The number of ketones is 1. The molecular formula is C19H23ClO. The molecule has 1 atom stereocenters. The van der Waals surface area contributed by atoms with E-state index < -0.39 is 0 Å². The second kappa shape index (κ2) is 6.79. The van der Waals surface area contributed by atoms with Gasteiger partial charge in [0.05, 0.1) is 0 Å². The van der Waals surface area contributed by atoms with E-state index in [-0.39, 0.29) is 5.92 Å². The van der Waals surface area contributed by atoms with Crippen LogP contribution in [-0.4, -0.2) is 5.78 Å². The van der Waals surface area contributed by atoms with E-state index in [1.54, 1.807) is 0 Å². The van der Waals surface area contributed by atoms with Gasteiger partial charge in [-0.1, -0.05) is 43.0 Å². The Bertz CT molecular complexity index is 523. The lowest BCUT2D eigenvalue weighted by atomic mass is 9.71. The summed E-state index contributed by atoms with van der Waals surface area (Å²) in [6, 6.07) is 7.76. The van der Waals surface area contributed by atoms with Crippen molar-refractivity contribution in [2.75, 3.05) is 0 Å². The molecule has 2 aliphatic carbocycles. The molecule has 0 bridgehead atoms. The fourth-order valence-corrected chi connectivity index (χ4v) is 4.02. The van der Waals surface area contributed by atoms with Gasteiger partial charge in [0, 0.05) is 10.9 Å². The number of benzene rings is 1. The molecule has 3 rings (SSSR count). The number of Topliss-reactive ketones (excluding diaryl/α,β-unsaturated/α-hetero) is 1. The van der Waals surface area contributed by atoms with Gasteiger partial charge in [-0.15, -0.1) is 0 Å². The molecule has 1 unspecified atom stereocenters. The van der Waals surface area contributed by atoms with E-state index in [0.717, 1.165) is 35.4 Å². The minimum Gasteiger partial charge on any atom is -0.294 e. The third-order valence-electron chi connectivity index (χ3n) is 5.04. The fraction of sp³-hybridized carbons (Fsp3) is 0.526. The molecule has 2 aliphatic rings. The maximum Gasteiger partial charge on any atom is 0.162 e. The van der Waals surface area contributed by atoms with E-state index in [1.807, 2.05) is 24.3 Å². The Labute approximate surface area is 132 Å². The molecule has 0 N–H and O–H groups in total. The van der Waals surface area contributed by atoms with E-state index in [9.17, 15) is 4.79 Å². The molecule has 1 aromatic carbocycles. The number of rotatable bonds is 2. The molecule has 2 saturated carbocycles. The SMILES string of the molecule is O=C1/C(=C/c2ccc(Cl)cc2)CCCC1C1CCCCC1. The molecule has 112 valence electrons. The standard InChI is InChI=1S/C19H23ClO/c20-17-11-9-14(10-12-17)13-16-7-4-8-18(19(16)21)15-5-2-1-3-6-15/h9-13,15,18H,1-8H2/b16-13+. The van der Waals surface area contributed by atoms with Crippen molar-refractivity contribution in [2.45, 2.75) is 51.4 Å². The van der Waals surface area contributed by atoms with Crippen LogP contribution >= 0.6 is 11.6 Å². The van der Waals surface area contributed by atoms with E-state index in [2.05, 4.69) is 6.08 Å². The smallest absolute Gasteiger partial charge is 0.162 e. The Balaban J connectivity index is 1.76. The maximum atomic E-state index is 12.8. The fourth-order valence-electron chi connectivity index (χ4n) is 3.89. The minimum absolute atomic E-state index is 0.289. The molecule has 2 fully saturated rings. The zero-order valence-corrected chi connectivity index (χ0v) is 13.2. The summed E-state index contributed by atoms with van der Waals surface area (Å²) >= 11 is 5.92. The first-order valence-corrected chi connectivity index (χ1v) is 8.62. The average Bonchev–Trinajstić information content (AvgIpc) is 2.52. The molecule has 0 amide bonds. The van der Waals surface area contributed by atoms with E-state index in [1.165, 1.54) is 32.1 Å². The Kier molecular flexibility index (Phi) is 4.80. The van der Waals surface area contributed by atoms with Crippen molar-refractivity contribution in [1.82, 2.24) is 0 Å². The quantitative estimate of drug-likeness (QED) is 0.643. The van der Waals surface area contributed by atoms with E-state index in [4.69, 9.17) is 11.6 Å². The van der Waals surface area contributed by atoms with Crippen molar-refractivity contribution in [3.8, 4) is 0 Å². The van der Waals surface area contributed by atoms with Crippen LogP contribution in [0, 0.1) is 11.8 Å². The average molecular weight is 303 g/mol. The number of halogens is 1. The molecule has 0 heterocycles. The van der Waals surface area contributed by atoms with Gasteiger partial charge in [-0.05, 0) is 67.4 Å². The van der Waals surface area contributed by atoms with Crippen molar-refractivity contribution in [1.29, 1.82) is 0 Å². The zero-order valence-electron chi connectivity index (χ0n) is 12.5. The predicted octanol–water partition coefficient (Wildman–Crippen LogP) is 5.67. The van der Waals surface area contributed by atoms with Crippen LogP contribution in [0.5, 0.6) is 0 Å². The van der Waals surface area contributed by atoms with Gasteiger partial charge in [0.25, 0.3) is 0 Å². The van der Waals surface area contributed by atoms with Gasteiger partial charge in [-0.25, -0.2) is 0 Å². The molecule has 0 radical (unpaired) electrons. The van der Waals surface area contributed by atoms with Gasteiger partial charge < -0.3 is 0 Å². The number of carbonyl (C=O) groups is 1. The normalized spacial score (nSPS) is 26.2. The molecular weight excluding hydrogens is 280 g/mol. The Morgan fingerprint density at radius 3 is 2.38 bits per heavy atom. The topological polar surface area (TPSA) is 17.1 Å². The minimum atomic E-state index is 0.289. The van der Waals surface area contributed by atoms with Crippen molar-refractivity contribution in [2.24, 2.45) is 11.8 Å². The van der Waals surface area contributed by atoms with Crippen LogP contribution < -0.4 is 0 Å². The highest BCUT2D eigenvalue weighted by molar-refractivity contribution is 6.30. The van der Waals surface area contributed by atoms with Crippen molar-refractivity contribution < 1.29 is 4.79 Å². The lowest BCUT2D eigenvalue weighted by Gasteiger charge is -2.32. The molecule has 1 aromatic rings. The monoisotopic (exact) mass is 302 g/mol. The Morgan fingerprint density at radius 2 is 1.67 bits per heavy atom. The number of carbonyl (C=O) groups excluding carboxylic acids is 1. The van der Waals surface area contributed by atoms with Crippen LogP contribution in [-0.2, 0) is 4.79 Å². The van der Waals surface area contributed by atoms with Gasteiger partial charge in [0.1, 0.15) is 0 Å². The summed E-state index contributed by atoms with van der Waals surface area (Å²) in [5, 5.41) is 0.743. The molecule has 2 heteroatoms. The summed E-state index contributed by atoms with van der Waals surface area (Å²) < 4.78 is 0. The first-order valence-electron chi connectivity index (χ1n) is 8.24. The highest BCUT2D eigenvalue weighted by atomic mass is 35.5. The van der Waals surface area contributed by atoms with Gasteiger partial charge in [0.2, 0.25) is 0 Å². The van der Waals surface area contributed by atoms with Crippen LogP contribution in [0.3, 0.4) is 0 Å². The van der Waals surface area contributed by atoms with E-state index in [0.29, 0.717) is 11.7 Å². The number of hydrogen-bond donors (Lipinski definition) is 0. The lowest BCUT2D eigenvalue weighted by molar-refractivity contribution is -0.122. The maximum absolute atomic E-state index is 12.8. The van der Waals surface area contributed by atoms with Crippen molar-refractivity contribution >= 4 is 23.5 Å². The van der Waals surface area contributed by atoms with Gasteiger partial charge in [-0.2, -0.15) is 0 Å². The molecule has 0 aromatic heterocycles. The summed E-state index contributed by atoms with van der Waals surface area (Å²) in [5.41, 5.74) is 2.12. The number of allylic oxidation sites excluding steroid dienone is 1. The van der Waals surface area contributed by atoms with Crippen LogP contribution in [0.2, 0.25) is 5.02 Å². The third-order valence-corrected chi connectivity index (χ3v) is 5.30.